The second-order valence-electron chi connectivity index (χ2n) is 2.96. The van der Waals surface area contributed by atoms with Crippen LogP contribution in [-0.2, 0) is 4.74 Å². The van der Waals surface area contributed by atoms with Gasteiger partial charge in [0.05, 0.1) is 12.0 Å². The van der Waals surface area contributed by atoms with E-state index < -0.39 is 5.97 Å². The molecule has 5 heteroatoms. The van der Waals surface area contributed by atoms with Gasteiger partial charge in [-0.15, -0.1) is 11.3 Å². The number of furan rings is 1. The number of esters is 1. The van der Waals surface area contributed by atoms with Gasteiger partial charge in [0.2, 0.25) is 11.5 Å². The fourth-order valence-electron chi connectivity index (χ4n) is 1.20. The largest absolute Gasteiger partial charge is 0.463 e. The standard InChI is InChI=1S/C11H8O4S/c1-14-11(13)8-5-4-7(15-8)10(12)9-3-2-6-16-9/h2-6H,1H3. The molecule has 0 amide bonds. The SMILES string of the molecule is COC(=O)c1ccc(C(=O)c2cccs2)o1. The minimum Gasteiger partial charge on any atom is -0.463 e. The molecule has 2 aromatic heterocycles. The molecule has 0 saturated heterocycles. The first-order valence-electron chi connectivity index (χ1n) is 4.48. The summed E-state index contributed by atoms with van der Waals surface area (Å²) in [6, 6.07) is 6.37. The molecule has 2 aromatic rings. The van der Waals surface area contributed by atoms with Crippen molar-refractivity contribution in [1.82, 2.24) is 0 Å². The predicted octanol–water partition coefficient (Wildman–Crippen LogP) is 2.36. The van der Waals surface area contributed by atoms with Crippen molar-refractivity contribution in [3.05, 3.63) is 46.0 Å². The van der Waals surface area contributed by atoms with Gasteiger partial charge in [0, 0.05) is 0 Å². The normalized spacial score (nSPS) is 10.1. The zero-order valence-corrected chi connectivity index (χ0v) is 9.24. The molecule has 0 aliphatic rings. The first-order chi connectivity index (χ1) is 7.72. The highest BCUT2D eigenvalue weighted by atomic mass is 32.1. The summed E-state index contributed by atoms with van der Waals surface area (Å²) in [6.07, 6.45) is 0. The van der Waals surface area contributed by atoms with Gasteiger partial charge in [0.15, 0.2) is 5.76 Å². The number of carbonyl (C=O) groups excluding carboxylic acids is 2. The minimum absolute atomic E-state index is 0.0300. The molecule has 0 saturated carbocycles. The number of thiophene rings is 1. The summed E-state index contributed by atoms with van der Waals surface area (Å²) in [4.78, 5) is 23.5. The Labute approximate surface area is 95.5 Å². The summed E-state index contributed by atoms with van der Waals surface area (Å²) in [7, 11) is 1.26. The third-order valence-corrected chi connectivity index (χ3v) is 2.83. The fraction of sp³-hybridized carbons (Fsp3) is 0.0909. The second kappa shape index (κ2) is 4.32. The average molecular weight is 236 g/mol. The van der Waals surface area contributed by atoms with Crippen molar-refractivity contribution in [2.75, 3.05) is 7.11 Å². The highest BCUT2D eigenvalue weighted by Gasteiger charge is 2.17. The van der Waals surface area contributed by atoms with Gasteiger partial charge in [-0.1, -0.05) is 6.07 Å². The Kier molecular flexibility index (Phi) is 2.87. The molecule has 0 N–H and O–H groups in total. The number of carbonyl (C=O) groups is 2. The van der Waals surface area contributed by atoms with Crippen LogP contribution in [0.4, 0.5) is 0 Å². The van der Waals surface area contributed by atoms with Crippen LogP contribution in [0.3, 0.4) is 0 Å². The summed E-state index contributed by atoms with van der Waals surface area (Å²) in [5.41, 5.74) is 0. The average Bonchev–Trinajstić information content (AvgIpc) is 2.97. The van der Waals surface area contributed by atoms with E-state index in [1.54, 1.807) is 17.5 Å². The zero-order chi connectivity index (χ0) is 11.5. The molecule has 4 nitrogen and oxygen atoms in total. The van der Waals surface area contributed by atoms with E-state index in [9.17, 15) is 9.59 Å². The molecule has 0 radical (unpaired) electrons. The maximum Gasteiger partial charge on any atom is 0.373 e. The smallest absolute Gasteiger partial charge is 0.373 e. The van der Waals surface area contributed by atoms with Gasteiger partial charge < -0.3 is 9.15 Å². The van der Waals surface area contributed by atoms with E-state index in [1.807, 2.05) is 0 Å². The van der Waals surface area contributed by atoms with Crippen molar-refractivity contribution in [2.45, 2.75) is 0 Å². The molecule has 0 atom stereocenters. The lowest BCUT2D eigenvalue weighted by atomic mass is 10.2. The molecule has 2 rings (SSSR count). The van der Waals surface area contributed by atoms with Crippen LogP contribution in [0.25, 0.3) is 0 Å². The van der Waals surface area contributed by atoms with Crippen molar-refractivity contribution in [3.8, 4) is 0 Å². The van der Waals surface area contributed by atoms with Crippen LogP contribution in [0.2, 0.25) is 0 Å². The van der Waals surface area contributed by atoms with E-state index in [4.69, 9.17) is 4.42 Å². The molecule has 0 aromatic carbocycles. The Morgan fingerprint density at radius 1 is 1.25 bits per heavy atom. The fourth-order valence-corrected chi connectivity index (χ4v) is 1.87. The Balaban J connectivity index is 2.26. The Morgan fingerprint density at radius 2 is 2.00 bits per heavy atom. The van der Waals surface area contributed by atoms with Crippen molar-refractivity contribution in [2.24, 2.45) is 0 Å². The second-order valence-corrected chi connectivity index (χ2v) is 3.91. The lowest BCUT2D eigenvalue weighted by molar-refractivity contribution is 0.0563. The van der Waals surface area contributed by atoms with E-state index in [2.05, 4.69) is 4.74 Å². The van der Waals surface area contributed by atoms with E-state index in [-0.39, 0.29) is 17.3 Å². The number of ether oxygens (including phenoxy) is 1. The van der Waals surface area contributed by atoms with Gasteiger partial charge in [0.1, 0.15) is 0 Å². The lowest BCUT2D eigenvalue weighted by Crippen LogP contribution is -1.99. The van der Waals surface area contributed by atoms with Crippen LogP contribution in [0.5, 0.6) is 0 Å². The molecule has 0 unspecified atom stereocenters. The zero-order valence-electron chi connectivity index (χ0n) is 8.43. The highest BCUT2D eigenvalue weighted by molar-refractivity contribution is 7.12. The van der Waals surface area contributed by atoms with E-state index >= 15 is 0 Å². The van der Waals surface area contributed by atoms with Gasteiger partial charge in [0.25, 0.3) is 0 Å². The van der Waals surface area contributed by atoms with Gasteiger partial charge in [-0.2, -0.15) is 0 Å². The molecule has 0 spiro atoms. The third-order valence-electron chi connectivity index (χ3n) is 1.96. The van der Waals surface area contributed by atoms with Crippen LogP contribution in [0.1, 0.15) is 26.0 Å². The van der Waals surface area contributed by atoms with Crippen molar-refractivity contribution < 1.29 is 18.7 Å². The molecule has 0 fully saturated rings. The van der Waals surface area contributed by atoms with Crippen molar-refractivity contribution in [1.29, 1.82) is 0 Å². The van der Waals surface area contributed by atoms with Gasteiger partial charge in [-0.3, -0.25) is 4.79 Å². The number of hydrogen-bond acceptors (Lipinski definition) is 5. The molecule has 0 aliphatic heterocycles. The molecular weight excluding hydrogens is 228 g/mol. The van der Waals surface area contributed by atoms with Crippen molar-refractivity contribution >= 4 is 23.1 Å². The van der Waals surface area contributed by atoms with E-state index in [1.165, 1.54) is 30.6 Å². The first-order valence-corrected chi connectivity index (χ1v) is 5.36. The summed E-state index contributed by atoms with van der Waals surface area (Å²) in [5, 5.41) is 1.80. The van der Waals surface area contributed by atoms with Crippen LogP contribution in [0.15, 0.2) is 34.1 Å². The first kappa shape index (κ1) is 10.6. The minimum atomic E-state index is -0.592. The topological polar surface area (TPSA) is 56.5 Å². The Bertz CT molecular complexity index is 510. The molecule has 2 heterocycles. The van der Waals surface area contributed by atoms with Gasteiger partial charge in [-0.05, 0) is 23.6 Å². The Morgan fingerprint density at radius 3 is 2.62 bits per heavy atom. The Hall–Kier alpha value is -1.88. The molecule has 16 heavy (non-hydrogen) atoms. The molecular formula is C11H8O4S. The quantitative estimate of drug-likeness (QED) is 0.606. The lowest BCUT2D eigenvalue weighted by Gasteiger charge is -1.93. The number of ketones is 1. The summed E-state index contributed by atoms with van der Waals surface area (Å²) >= 11 is 1.32. The third kappa shape index (κ3) is 1.90. The number of methoxy groups -OCH3 is 1. The summed E-state index contributed by atoms with van der Waals surface area (Å²) in [6.45, 7) is 0. The monoisotopic (exact) mass is 236 g/mol. The van der Waals surface area contributed by atoms with Gasteiger partial charge in [-0.25, -0.2) is 4.79 Å². The number of hydrogen-bond donors (Lipinski definition) is 0. The maximum absolute atomic E-state index is 11.8. The summed E-state index contributed by atoms with van der Waals surface area (Å²) < 4.78 is 9.58. The summed E-state index contributed by atoms with van der Waals surface area (Å²) in [5.74, 6) is -0.652. The molecule has 0 bridgehead atoms. The van der Waals surface area contributed by atoms with Crippen molar-refractivity contribution in [3.63, 3.8) is 0 Å². The van der Waals surface area contributed by atoms with E-state index in [0.29, 0.717) is 4.88 Å². The van der Waals surface area contributed by atoms with Gasteiger partial charge >= 0.3 is 5.97 Å². The maximum atomic E-state index is 11.8. The van der Waals surface area contributed by atoms with Crippen LogP contribution < -0.4 is 0 Å². The van der Waals surface area contributed by atoms with Crippen LogP contribution in [-0.4, -0.2) is 18.9 Å². The van der Waals surface area contributed by atoms with Crippen LogP contribution >= 0.6 is 11.3 Å². The number of rotatable bonds is 3. The molecule has 82 valence electrons. The highest BCUT2D eigenvalue weighted by Crippen LogP contribution is 2.17. The van der Waals surface area contributed by atoms with Crippen LogP contribution in [0, 0.1) is 0 Å². The molecule has 0 aliphatic carbocycles. The van der Waals surface area contributed by atoms with E-state index in [0.717, 1.165) is 0 Å². The predicted molar refractivity (Wildman–Crippen MR) is 57.8 cm³/mol.